The fourth-order valence-corrected chi connectivity index (χ4v) is 3.83. The summed E-state index contributed by atoms with van der Waals surface area (Å²) in [6.07, 6.45) is -5.00. The van der Waals surface area contributed by atoms with Gasteiger partial charge in [-0.3, -0.25) is 20.2 Å². The number of alkyl halides is 3. The predicted octanol–water partition coefficient (Wildman–Crippen LogP) is 1.99. The van der Waals surface area contributed by atoms with Crippen molar-refractivity contribution < 1.29 is 31.4 Å². The van der Waals surface area contributed by atoms with Gasteiger partial charge in [0.05, 0.1) is 21.2 Å². The minimum atomic E-state index is -5.00. The van der Waals surface area contributed by atoms with Crippen molar-refractivity contribution in [1.82, 2.24) is 4.31 Å². The normalized spacial score (nSPS) is 16.4. The van der Waals surface area contributed by atoms with Crippen LogP contribution in [-0.4, -0.2) is 54.5 Å². The van der Waals surface area contributed by atoms with Crippen LogP contribution in [0.2, 0.25) is 0 Å². The van der Waals surface area contributed by atoms with Gasteiger partial charge >= 0.3 is 6.18 Å². The lowest BCUT2D eigenvalue weighted by atomic mass is 10.1. The first-order valence-electron chi connectivity index (χ1n) is 7.65. The molecule has 0 spiro atoms. The number of hydrogen-bond acceptors (Lipinski definition) is 7. The Bertz CT molecular complexity index is 830. The van der Waals surface area contributed by atoms with Crippen LogP contribution in [0.1, 0.15) is 12.5 Å². The Kier molecular flexibility index (Phi) is 5.60. The third-order valence-corrected chi connectivity index (χ3v) is 5.98. The summed E-state index contributed by atoms with van der Waals surface area (Å²) in [6.45, 7) is 0.989. The summed E-state index contributed by atoms with van der Waals surface area (Å²) in [6, 6.07) is 0.495. The first kappa shape index (κ1) is 20.8. The molecule has 2 rings (SSSR count). The van der Waals surface area contributed by atoms with Gasteiger partial charge < -0.3 is 4.90 Å². The van der Waals surface area contributed by atoms with Gasteiger partial charge in [0.25, 0.3) is 11.4 Å². The number of sulfonamides is 1. The van der Waals surface area contributed by atoms with E-state index in [1.807, 2.05) is 0 Å². The molecule has 27 heavy (non-hydrogen) atoms. The summed E-state index contributed by atoms with van der Waals surface area (Å²) in [5.74, 6) is -0.159. The van der Waals surface area contributed by atoms with Crippen molar-refractivity contribution in [2.75, 3.05) is 36.8 Å². The van der Waals surface area contributed by atoms with Crippen molar-refractivity contribution in [2.24, 2.45) is 0 Å². The first-order valence-corrected chi connectivity index (χ1v) is 9.26. The van der Waals surface area contributed by atoms with Crippen LogP contribution < -0.4 is 4.90 Å². The van der Waals surface area contributed by atoms with Gasteiger partial charge in [0.15, 0.2) is 5.69 Å². The lowest BCUT2D eigenvalue weighted by Crippen LogP contribution is -2.49. The summed E-state index contributed by atoms with van der Waals surface area (Å²) in [5.41, 5.74) is -4.17. The van der Waals surface area contributed by atoms with Crippen molar-refractivity contribution in [1.29, 1.82) is 0 Å². The number of hydrogen-bond donors (Lipinski definition) is 0. The molecule has 0 aliphatic carbocycles. The van der Waals surface area contributed by atoms with Gasteiger partial charge in [-0.2, -0.15) is 17.5 Å². The third-order valence-electron chi connectivity index (χ3n) is 4.10. The van der Waals surface area contributed by atoms with Gasteiger partial charge in [-0.05, 0) is 6.92 Å². The molecule has 0 aromatic heterocycles. The Morgan fingerprint density at radius 3 is 1.81 bits per heavy atom. The number of halogens is 3. The molecule has 14 heteroatoms. The zero-order valence-electron chi connectivity index (χ0n) is 14.0. The Balaban J connectivity index is 2.50. The van der Waals surface area contributed by atoms with E-state index in [2.05, 4.69) is 0 Å². The molecule has 1 aromatic rings. The van der Waals surface area contributed by atoms with Crippen LogP contribution >= 0.6 is 0 Å². The molecular formula is C13H15F3N4O6S. The molecule has 0 bridgehead atoms. The molecule has 1 fully saturated rings. The number of benzene rings is 1. The predicted molar refractivity (Wildman–Crippen MR) is 88.0 cm³/mol. The van der Waals surface area contributed by atoms with E-state index >= 15 is 0 Å². The van der Waals surface area contributed by atoms with E-state index < -0.39 is 48.7 Å². The Hall–Kier alpha value is -2.48. The molecule has 0 atom stereocenters. The highest BCUT2D eigenvalue weighted by Crippen LogP contribution is 2.43. The molecule has 0 saturated carbocycles. The average molecular weight is 412 g/mol. The number of nitro benzene ring substituents is 2. The van der Waals surface area contributed by atoms with Gasteiger partial charge in [-0.1, -0.05) is 0 Å². The maximum atomic E-state index is 12.9. The van der Waals surface area contributed by atoms with E-state index in [-0.39, 0.29) is 44.1 Å². The summed E-state index contributed by atoms with van der Waals surface area (Å²) < 4.78 is 63.7. The highest BCUT2D eigenvalue weighted by atomic mass is 32.2. The van der Waals surface area contributed by atoms with Crippen LogP contribution in [0.3, 0.4) is 0 Å². The molecule has 1 aliphatic heterocycles. The van der Waals surface area contributed by atoms with Gasteiger partial charge in [0.1, 0.15) is 0 Å². The number of nitrogens with zero attached hydrogens (tertiary/aromatic N) is 4. The third kappa shape index (κ3) is 4.27. The second-order valence-electron chi connectivity index (χ2n) is 5.66. The standard InChI is InChI=1S/C13H15F3N4O6S/c1-2-27(25,26)18-5-3-17(4-6-18)12-10(19(21)22)7-9(13(14,15)16)8-11(12)20(23)24/h7-8H,2-6H2,1H3. The van der Waals surface area contributed by atoms with Crippen LogP contribution in [0.25, 0.3) is 0 Å². The fraction of sp³-hybridized carbons (Fsp3) is 0.538. The number of anilines is 1. The summed E-state index contributed by atoms with van der Waals surface area (Å²) >= 11 is 0. The highest BCUT2D eigenvalue weighted by Gasteiger charge is 2.40. The Morgan fingerprint density at radius 2 is 1.48 bits per heavy atom. The number of rotatable bonds is 5. The number of piperazine rings is 1. The van der Waals surface area contributed by atoms with Gasteiger partial charge in [0, 0.05) is 38.3 Å². The summed E-state index contributed by atoms with van der Waals surface area (Å²) in [5, 5.41) is 22.5. The maximum Gasteiger partial charge on any atom is 0.416 e. The van der Waals surface area contributed by atoms with Crippen molar-refractivity contribution in [3.8, 4) is 0 Å². The van der Waals surface area contributed by atoms with E-state index in [0.29, 0.717) is 0 Å². The van der Waals surface area contributed by atoms with E-state index in [1.54, 1.807) is 0 Å². The lowest BCUT2D eigenvalue weighted by Gasteiger charge is -2.34. The summed E-state index contributed by atoms with van der Waals surface area (Å²) in [7, 11) is -3.52. The van der Waals surface area contributed by atoms with E-state index in [0.717, 1.165) is 9.21 Å². The second-order valence-corrected chi connectivity index (χ2v) is 7.92. The molecule has 0 N–H and O–H groups in total. The zero-order valence-corrected chi connectivity index (χ0v) is 14.8. The molecule has 1 heterocycles. The summed E-state index contributed by atoms with van der Waals surface area (Å²) in [4.78, 5) is 21.5. The number of nitro groups is 2. The molecule has 1 aromatic carbocycles. The minimum absolute atomic E-state index is 0.0918. The van der Waals surface area contributed by atoms with Gasteiger partial charge in [0.2, 0.25) is 10.0 Å². The molecular weight excluding hydrogens is 397 g/mol. The van der Waals surface area contributed by atoms with E-state index in [4.69, 9.17) is 0 Å². The maximum absolute atomic E-state index is 12.9. The van der Waals surface area contributed by atoms with Crippen molar-refractivity contribution in [2.45, 2.75) is 13.1 Å². The van der Waals surface area contributed by atoms with Gasteiger partial charge in [-0.15, -0.1) is 0 Å². The molecule has 1 aliphatic rings. The molecule has 0 unspecified atom stereocenters. The van der Waals surface area contributed by atoms with Crippen LogP contribution in [0.15, 0.2) is 12.1 Å². The second kappa shape index (κ2) is 7.26. The smallest absolute Gasteiger partial charge is 0.358 e. The van der Waals surface area contributed by atoms with E-state index in [1.165, 1.54) is 6.92 Å². The SMILES string of the molecule is CCS(=O)(=O)N1CCN(c2c([N+](=O)[O-])cc(C(F)(F)F)cc2[N+](=O)[O-])CC1. The largest absolute Gasteiger partial charge is 0.416 e. The van der Waals surface area contributed by atoms with E-state index in [9.17, 15) is 41.8 Å². The Labute approximate surface area is 151 Å². The molecule has 1 saturated heterocycles. The quantitative estimate of drug-likeness (QED) is 0.534. The van der Waals surface area contributed by atoms with Crippen LogP contribution in [0, 0.1) is 20.2 Å². The highest BCUT2D eigenvalue weighted by molar-refractivity contribution is 7.89. The van der Waals surface area contributed by atoms with Crippen LogP contribution in [-0.2, 0) is 16.2 Å². The monoisotopic (exact) mass is 412 g/mol. The average Bonchev–Trinajstić information content (AvgIpc) is 2.59. The Morgan fingerprint density at radius 1 is 1.04 bits per heavy atom. The van der Waals surface area contributed by atoms with Crippen LogP contribution in [0.4, 0.5) is 30.2 Å². The van der Waals surface area contributed by atoms with Crippen molar-refractivity contribution in [3.63, 3.8) is 0 Å². The lowest BCUT2D eigenvalue weighted by molar-refractivity contribution is -0.393. The van der Waals surface area contributed by atoms with Crippen LogP contribution in [0.5, 0.6) is 0 Å². The van der Waals surface area contributed by atoms with Crippen molar-refractivity contribution >= 4 is 27.1 Å². The molecule has 150 valence electrons. The van der Waals surface area contributed by atoms with Gasteiger partial charge in [-0.25, -0.2) is 8.42 Å². The minimum Gasteiger partial charge on any atom is -0.358 e. The fourth-order valence-electron chi connectivity index (χ4n) is 2.74. The topological polar surface area (TPSA) is 127 Å². The van der Waals surface area contributed by atoms with Crippen molar-refractivity contribution in [3.05, 3.63) is 37.9 Å². The first-order chi connectivity index (χ1) is 12.4. The molecule has 0 amide bonds. The molecule has 10 nitrogen and oxygen atoms in total. The zero-order chi connectivity index (χ0) is 20.6. The molecule has 0 radical (unpaired) electrons.